The van der Waals surface area contributed by atoms with Crippen LogP contribution in [0.5, 0.6) is 0 Å². The molecule has 1 aromatic carbocycles. The first kappa shape index (κ1) is 23.2. The summed E-state index contributed by atoms with van der Waals surface area (Å²) in [7, 11) is -3.68. The molecule has 1 unspecified atom stereocenters. The van der Waals surface area contributed by atoms with E-state index < -0.39 is 15.8 Å². The molecule has 9 heteroatoms. The van der Waals surface area contributed by atoms with Gasteiger partial charge in [0, 0.05) is 49.9 Å². The van der Waals surface area contributed by atoms with E-state index in [1.54, 1.807) is 16.2 Å². The fourth-order valence-electron chi connectivity index (χ4n) is 4.27. The lowest BCUT2D eigenvalue weighted by molar-refractivity contribution is -0.130. The van der Waals surface area contributed by atoms with E-state index in [4.69, 9.17) is 4.74 Å². The first-order valence-corrected chi connectivity index (χ1v) is 13.6. The highest BCUT2D eigenvalue weighted by Gasteiger charge is 2.32. The van der Waals surface area contributed by atoms with Crippen molar-refractivity contribution < 1.29 is 17.9 Å². The summed E-state index contributed by atoms with van der Waals surface area (Å²) in [6, 6.07) is 12.1. The van der Waals surface area contributed by atoms with Crippen molar-refractivity contribution in [2.45, 2.75) is 32.4 Å². The Kier molecular flexibility index (Phi) is 7.50. The second kappa shape index (κ2) is 10.3. The molecule has 2 fully saturated rings. The van der Waals surface area contributed by atoms with Crippen LogP contribution in [0.4, 0.5) is 5.69 Å². The maximum Gasteiger partial charge on any atom is 0.239 e. The molecule has 1 amide bonds. The van der Waals surface area contributed by atoms with E-state index in [2.05, 4.69) is 11.0 Å². The van der Waals surface area contributed by atoms with Crippen molar-refractivity contribution in [2.75, 3.05) is 50.0 Å². The van der Waals surface area contributed by atoms with E-state index in [0.717, 1.165) is 23.4 Å². The lowest BCUT2D eigenvalue weighted by atomic mass is 10.2. The van der Waals surface area contributed by atoms with Crippen molar-refractivity contribution in [1.82, 2.24) is 9.21 Å². The minimum atomic E-state index is -3.68. The van der Waals surface area contributed by atoms with Gasteiger partial charge in [0.05, 0.1) is 12.6 Å². The van der Waals surface area contributed by atoms with Crippen molar-refractivity contribution in [3.8, 4) is 0 Å². The largest absolute Gasteiger partial charge is 0.376 e. The average Bonchev–Trinajstić information content (AvgIpc) is 3.47. The van der Waals surface area contributed by atoms with Crippen LogP contribution in [0, 0.1) is 6.92 Å². The number of piperazine rings is 1. The molecular formula is C23H31N3O4S2. The fourth-order valence-corrected chi connectivity index (χ4v) is 6.38. The van der Waals surface area contributed by atoms with Crippen LogP contribution in [0.15, 0.2) is 41.8 Å². The van der Waals surface area contributed by atoms with Crippen LogP contribution >= 0.6 is 11.3 Å². The van der Waals surface area contributed by atoms with Gasteiger partial charge in [0.2, 0.25) is 15.9 Å². The molecule has 0 saturated carbocycles. The number of carbonyl (C=O) groups excluding carboxylic acids is 1. The predicted octanol–water partition coefficient (Wildman–Crippen LogP) is 2.72. The van der Waals surface area contributed by atoms with E-state index in [9.17, 15) is 13.2 Å². The molecule has 0 N–H and O–H groups in total. The van der Waals surface area contributed by atoms with Gasteiger partial charge in [0.15, 0.2) is 0 Å². The van der Waals surface area contributed by atoms with Gasteiger partial charge in [-0.25, -0.2) is 8.42 Å². The molecule has 7 nitrogen and oxygen atoms in total. The van der Waals surface area contributed by atoms with Gasteiger partial charge in [-0.3, -0.25) is 4.79 Å². The van der Waals surface area contributed by atoms with Crippen molar-refractivity contribution in [2.24, 2.45) is 0 Å². The van der Waals surface area contributed by atoms with Crippen molar-refractivity contribution in [3.05, 3.63) is 52.2 Å². The van der Waals surface area contributed by atoms with Crippen molar-refractivity contribution in [3.63, 3.8) is 0 Å². The number of carbonyl (C=O) groups is 1. The Balaban J connectivity index is 1.37. The minimum Gasteiger partial charge on any atom is -0.376 e. The second-order valence-electron chi connectivity index (χ2n) is 8.47. The van der Waals surface area contributed by atoms with Gasteiger partial charge in [-0.1, -0.05) is 18.2 Å². The Bertz CT molecular complexity index is 996. The lowest BCUT2D eigenvalue weighted by Gasteiger charge is -2.35. The summed E-state index contributed by atoms with van der Waals surface area (Å²) in [5.41, 5.74) is 2.29. The molecule has 2 saturated heterocycles. The third-order valence-electron chi connectivity index (χ3n) is 6.03. The van der Waals surface area contributed by atoms with Gasteiger partial charge in [-0.15, -0.1) is 11.3 Å². The first-order valence-electron chi connectivity index (χ1n) is 11.1. The zero-order chi connectivity index (χ0) is 22.6. The van der Waals surface area contributed by atoms with Crippen LogP contribution in [-0.4, -0.2) is 74.7 Å². The highest BCUT2D eigenvalue weighted by molar-refractivity contribution is 7.89. The Hall–Kier alpha value is -1.94. The number of aryl methyl sites for hydroxylation is 1. The Morgan fingerprint density at radius 3 is 2.66 bits per heavy atom. The summed E-state index contributed by atoms with van der Waals surface area (Å²) >= 11 is 1.57. The minimum absolute atomic E-state index is 0.0144. The summed E-state index contributed by atoms with van der Waals surface area (Å²) in [4.78, 5) is 18.0. The topological polar surface area (TPSA) is 70.2 Å². The van der Waals surface area contributed by atoms with Gasteiger partial charge in [0.1, 0.15) is 5.75 Å². The average molecular weight is 478 g/mol. The van der Waals surface area contributed by atoms with Gasteiger partial charge >= 0.3 is 0 Å². The van der Waals surface area contributed by atoms with Crippen LogP contribution in [0.2, 0.25) is 0 Å². The Labute approximate surface area is 194 Å². The molecule has 2 aromatic rings. The Morgan fingerprint density at radius 2 is 2.00 bits per heavy atom. The quantitative estimate of drug-likeness (QED) is 0.585. The van der Waals surface area contributed by atoms with E-state index in [1.807, 2.05) is 42.6 Å². The van der Waals surface area contributed by atoms with Crippen molar-refractivity contribution >= 4 is 33.0 Å². The molecule has 1 atom stereocenters. The van der Waals surface area contributed by atoms with E-state index in [-0.39, 0.29) is 12.0 Å². The van der Waals surface area contributed by atoms with E-state index in [1.165, 1.54) is 9.87 Å². The molecule has 174 valence electrons. The van der Waals surface area contributed by atoms with Crippen LogP contribution in [0.25, 0.3) is 0 Å². The maximum atomic E-state index is 13.1. The molecule has 0 spiro atoms. The number of nitrogens with zero attached hydrogens (tertiary/aromatic N) is 3. The molecule has 4 rings (SSSR count). The smallest absolute Gasteiger partial charge is 0.239 e. The second-order valence-corrected chi connectivity index (χ2v) is 11.5. The summed E-state index contributed by atoms with van der Waals surface area (Å²) in [5.74, 6) is -0.842. The highest BCUT2D eigenvalue weighted by atomic mass is 32.2. The molecule has 2 aliphatic heterocycles. The first-order chi connectivity index (χ1) is 15.4. The number of amides is 1. The number of anilines is 1. The number of hydrogen-bond donors (Lipinski definition) is 0. The van der Waals surface area contributed by atoms with Crippen LogP contribution in [-0.2, 0) is 26.1 Å². The van der Waals surface area contributed by atoms with Crippen LogP contribution in [0.1, 0.15) is 23.3 Å². The summed E-state index contributed by atoms with van der Waals surface area (Å²) < 4.78 is 33.3. The molecule has 32 heavy (non-hydrogen) atoms. The zero-order valence-electron chi connectivity index (χ0n) is 18.5. The van der Waals surface area contributed by atoms with Gasteiger partial charge in [-0.05, 0) is 48.9 Å². The maximum absolute atomic E-state index is 13.1. The molecular weight excluding hydrogens is 446 g/mol. The number of thiophene rings is 1. The molecule has 2 aliphatic rings. The third-order valence-corrected chi connectivity index (χ3v) is 8.66. The monoisotopic (exact) mass is 477 g/mol. The van der Waals surface area contributed by atoms with E-state index in [0.29, 0.717) is 45.9 Å². The fraction of sp³-hybridized carbons (Fsp3) is 0.522. The molecule has 1 aromatic heterocycles. The summed E-state index contributed by atoms with van der Waals surface area (Å²) in [6.07, 6.45) is 1.87. The van der Waals surface area contributed by atoms with Crippen LogP contribution < -0.4 is 4.90 Å². The SMILES string of the molecule is Cc1cccc(N2CCN(S(=O)(=O)CC(=O)N(Cc3cccs3)CC3CCCO3)CC2)c1. The number of hydrogen-bond acceptors (Lipinski definition) is 6. The van der Waals surface area contributed by atoms with Gasteiger partial charge < -0.3 is 14.5 Å². The molecule has 0 bridgehead atoms. The van der Waals surface area contributed by atoms with Crippen molar-refractivity contribution in [1.29, 1.82) is 0 Å². The highest BCUT2D eigenvalue weighted by Crippen LogP contribution is 2.21. The third kappa shape index (κ3) is 5.89. The van der Waals surface area contributed by atoms with Crippen LogP contribution in [0.3, 0.4) is 0 Å². The predicted molar refractivity (Wildman–Crippen MR) is 127 cm³/mol. The number of rotatable bonds is 8. The summed E-state index contributed by atoms with van der Waals surface area (Å²) in [5, 5.41) is 1.97. The zero-order valence-corrected chi connectivity index (χ0v) is 20.1. The number of sulfonamides is 1. The standard InChI is InChI=1S/C23H31N3O4S2/c1-19-5-2-6-20(15-19)24-9-11-26(12-10-24)32(28,29)18-23(27)25(16-21-7-3-13-30-21)17-22-8-4-14-31-22/h2,4-6,8,14-15,21H,3,7,9-13,16-18H2,1H3. The molecule has 0 radical (unpaired) electrons. The lowest BCUT2D eigenvalue weighted by Crippen LogP contribution is -2.51. The van der Waals surface area contributed by atoms with Gasteiger partial charge in [0.25, 0.3) is 0 Å². The molecule has 0 aliphatic carbocycles. The number of benzene rings is 1. The normalized spacial score (nSPS) is 19.9. The Morgan fingerprint density at radius 1 is 1.19 bits per heavy atom. The van der Waals surface area contributed by atoms with E-state index >= 15 is 0 Å². The van der Waals surface area contributed by atoms with Gasteiger partial charge in [-0.2, -0.15) is 4.31 Å². The molecule has 3 heterocycles. The number of ether oxygens (including phenoxy) is 1. The summed E-state index contributed by atoms with van der Waals surface area (Å²) in [6.45, 7) is 5.63.